The number of Topliss-reactive ketones (excluding diaryl/α,β-unsaturated/α-hetero) is 1. The number of imidazole rings is 1. The molecule has 3 aromatic rings. The number of halogens is 3. The summed E-state index contributed by atoms with van der Waals surface area (Å²) >= 11 is 0.403. The number of fused-ring (bicyclic) bond motifs is 2. The van der Waals surface area contributed by atoms with Gasteiger partial charge >= 0.3 is 6.18 Å². The Labute approximate surface area is 185 Å². The van der Waals surface area contributed by atoms with E-state index in [4.69, 9.17) is 9.47 Å². The van der Waals surface area contributed by atoms with E-state index in [0.29, 0.717) is 29.3 Å². The number of rotatable bonds is 6. The molecule has 0 aromatic carbocycles. The number of ether oxygens (including phenoxy) is 2. The lowest BCUT2D eigenvalue weighted by atomic mass is 9.62. The first-order chi connectivity index (χ1) is 15.0. The number of aromatic nitrogens is 4. The van der Waals surface area contributed by atoms with Crippen LogP contribution in [0.4, 0.5) is 13.2 Å². The third-order valence-corrected chi connectivity index (χ3v) is 6.77. The Kier molecular flexibility index (Phi) is 4.65. The highest BCUT2D eigenvalue weighted by molar-refractivity contribution is 7.10. The Morgan fingerprint density at radius 1 is 1.28 bits per heavy atom. The van der Waals surface area contributed by atoms with Gasteiger partial charge in [0, 0.05) is 35.2 Å². The van der Waals surface area contributed by atoms with Crippen LogP contribution < -0.4 is 4.74 Å². The third kappa shape index (κ3) is 3.57. The first kappa shape index (κ1) is 21.3. The fourth-order valence-corrected chi connectivity index (χ4v) is 5.29. The Morgan fingerprint density at radius 3 is 2.62 bits per heavy atom. The van der Waals surface area contributed by atoms with Gasteiger partial charge in [0.05, 0.1) is 24.0 Å². The predicted octanol–water partition coefficient (Wildman–Crippen LogP) is 4.24. The molecule has 3 aromatic heterocycles. The van der Waals surface area contributed by atoms with Gasteiger partial charge < -0.3 is 9.47 Å². The van der Waals surface area contributed by atoms with Crippen LogP contribution in [0.25, 0.3) is 5.78 Å². The van der Waals surface area contributed by atoms with Crippen molar-refractivity contribution in [2.75, 3.05) is 6.61 Å². The lowest BCUT2D eigenvalue weighted by Crippen LogP contribution is -2.45. The van der Waals surface area contributed by atoms with E-state index in [0.717, 1.165) is 23.9 Å². The number of ketones is 1. The van der Waals surface area contributed by atoms with Gasteiger partial charge in [0.15, 0.2) is 10.8 Å². The summed E-state index contributed by atoms with van der Waals surface area (Å²) in [7, 11) is 0. The average Bonchev–Trinajstić information content (AvgIpc) is 3.41. The molecule has 5 heterocycles. The maximum Gasteiger partial charge on any atom is 0.443 e. The Balaban J connectivity index is 1.47. The number of carbonyl (C=O) groups excluding carboxylic acids is 1. The second-order valence-corrected chi connectivity index (χ2v) is 9.94. The SMILES string of the molecule is CC(C)Oc1nc2nc(C34COC(C)(C3)C4)cn2cc1CC(=O)c1csc(C(F)(F)F)n1. The second kappa shape index (κ2) is 6.98. The van der Waals surface area contributed by atoms with Gasteiger partial charge in [-0.2, -0.15) is 18.2 Å². The number of alkyl halides is 3. The first-order valence-electron chi connectivity index (χ1n) is 10.2. The van der Waals surface area contributed by atoms with Crippen LogP contribution >= 0.6 is 11.3 Å². The van der Waals surface area contributed by atoms with Gasteiger partial charge in [-0.25, -0.2) is 9.97 Å². The van der Waals surface area contributed by atoms with Gasteiger partial charge in [-0.3, -0.25) is 9.20 Å². The molecule has 0 atom stereocenters. The summed E-state index contributed by atoms with van der Waals surface area (Å²) in [6.45, 7) is 6.36. The van der Waals surface area contributed by atoms with E-state index in [1.54, 1.807) is 10.6 Å². The number of hydrogen-bond donors (Lipinski definition) is 0. The molecule has 0 radical (unpaired) electrons. The molecule has 0 amide bonds. The fraction of sp³-hybridized carbons (Fsp3) is 0.524. The van der Waals surface area contributed by atoms with Crippen molar-refractivity contribution in [3.63, 3.8) is 0 Å². The average molecular weight is 466 g/mol. The monoisotopic (exact) mass is 466 g/mol. The van der Waals surface area contributed by atoms with E-state index in [2.05, 4.69) is 21.9 Å². The summed E-state index contributed by atoms with van der Waals surface area (Å²) in [6.07, 6.45) is 0.407. The first-order valence-corrected chi connectivity index (χ1v) is 11.1. The van der Waals surface area contributed by atoms with Crippen LogP contribution in [0.15, 0.2) is 17.8 Å². The molecule has 0 N–H and O–H groups in total. The van der Waals surface area contributed by atoms with E-state index < -0.39 is 17.0 Å². The smallest absolute Gasteiger partial charge is 0.443 e. The Morgan fingerprint density at radius 2 is 2.03 bits per heavy atom. The van der Waals surface area contributed by atoms with Gasteiger partial charge in [-0.15, -0.1) is 11.3 Å². The summed E-state index contributed by atoms with van der Waals surface area (Å²) in [4.78, 5) is 25.3. The number of carbonyl (C=O) groups is 1. The second-order valence-electron chi connectivity index (χ2n) is 9.08. The molecule has 3 fully saturated rings. The largest absolute Gasteiger partial charge is 0.475 e. The van der Waals surface area contributed by atoms with Crippen molar-refractivity contribution >= 4 is 22.9 Å². The molecule has 0 unspecified atom stereocenters. The van der Waals surface area contributed by atoms with Crippen LogP contribution in [-0.4, -0.2) is 43.4 Å². The van der Waals surface area contributed by atoms with Crippen molar-refractivity contribution < 1.29 is 27.4 Å². The quantitative estimate of drug-likeness (QED) is 0.506. The van der Waals surface area contributed by atoms with Crippen molar-refractivity contribution in [2.24, 2.45) is 0 Å². The molecule has 6 rings (SSSR count). The van der Waals surface area contributed by atoms with Crippen LogP contribution in [-0.2, 0) is 22.7 Å². The Bertz CT molecular complexity index is 1210. The highest BCUT2D eigenvalue weighted by Crippen LogP contribution is 2.58. The zero-order valence-electron chi connectivity index (χ0n) is 17.7. The molecule has 2 saturated heterocycles. The molecule has 1 aliphatic carbocycles. The van der Waals surface area contributed by atoms with Crippen molar-refractivity contribution in [1.82, 2.24) is 19.4 Å². The number of hydrogen-bond acceptors (Lipinski definition) is 7. The molecule has 7 nitrogen and oxygen atoms in total. The topological polar surface area (TPSA) is 78.6 Å². The van der Waals surface area contributed by atoms with Crippen molar-refractivity contribution in [3.05, 3.63) is 39.7 Å². The maximum atomic E-state index is 12.8. The Hall–Kier alpha value is -2.53. The maximum absolute atomic E-state index is 12.8. The normalized spacial score (nSPS) is 24.8. The van der Waals surface area contributed by atoms with Crippen molar-refractivity contribution in [1.29, 1.82) is 0 Å². The number of thiazole rings is 1. The van der Waals surface area contributed by atoms with Crippen molar-refractivity contribution in [2.45, 2.75) is 63.3 Å². The van der Waals surface area contributed by atoms with E-state index in [1.165, 1.54) is 0 Å². The lowest BCUT2D eigenvalue weighted by Gasteiger charge is -2.41. The molecule has 11 heteroatoms. The van der Waals surface area contributed by atoms with Gasteiger partial charge in [0.2, 0.25) is 11.7 Å². The van der Waals surface area contributed by atoms with E-state index in [9.17, 15) is 18.0 Å². The summed E-state index contributed by atoms with van der Waals surface area (Å²) in [5.41, 5.74) is 0.912. The molecule has 2 aliphatic heterocycles. The molecular formula is C21H21F3N4O3S. The van der Waals surface area contributed by atoms with Gasteiger partial charge in [-0.05, 0) is 33.6 Å². The van der Waals surface area contributed by atoms with Gasteiger partial charge in [0.1, 0.15) is 5.69 Å². The van der Waals surface area contributed by atoms with Crippen LogP contribution in [0.2, 0.25) is 0 Å². The van der Waals surface area contributed by atoms with Crippen LogP contribution in [0.3, 0.4) is 0 Å². The van der Waals surface area contributed by atoms with Crippen LogP contribution in [0, 0.1) is 0 Å². The highest BCUT2D eigenvalue weighted by Gasteiger charge is 2.61. The summed E-state index contributed by atoms with van der Waals surface area (Å²) < 4.78 is 51.9. The zero-order chi connectivity index (χ0) is 22.9. The minimum Gasteiger partial charge on any atom is -0.475 e. The molecular weight excluding hydrogens is 445 g/mol. The minimum absolute atomic E-state index is 0.0878. The van der Waals surface area contributed by atoms with Crippen LogP contribution in [0.5, 0.6) is 5.88 Å². The standard InChI is InChI=1S/C21H21F3N4O3S/c1-11(2)31-16-12(4-14(29)13-7-32-17(25-13)21(22,23)24)5-28-6-15(26-18(28)27-16)20-8-19(3,9-20)30-10-20/h5-7,11H,4,8-10H2,1-3H3. The zero-order valence-corrected chi connectivity index (χ0v) is 18.5. The summed E-state index contributed by atoms with van der Waals surface area (Å²) in [5.74, 6) is 0.141. The molecule has 32 heavy (non-hydrogen) atoms. The molecule has 3 aliphatic rings. The summed E-state index contributed by atoms with van der Waals surface area (Å²) in [5, 5.41) is 0.0836. The molecule has 0 spiro atoms. The molecule has 2 bridgehead atoms. The summed E-state index contributed by atoms with van der Waals surface area (Å²) in [6, 6.07) is 0. The number of nitrogens with zero attached hydrogens (tertiary/aromatic N) is 4. The van der Waals surface area contributed by atoms with E-state index in [1.807, 2.05) is 20.0 Å². The van der Waals surface area contributed by atoms with Crippen molar-refractivity contribution in [3.8, 4) is 5.88 Å². The van der Waals surface area contributed by atoms with E-state index >= 15 is 0 Å². The molecule has 1 saturated carbocycles. The highest BCUT2D eigenvalue weighted by atomic mass is 32.1. The fourth-order valence-electron chi connectivity index (χ4n) is 4.60. The minimum atomic E-state index is -4.58. The van der Waals surface area contributed by atoms with Gasteiger partial charge in [0.25, 0.3) is 0 Å². The predicted molar refractivity (Wildman–Crippen MR) is 109 cm³/mol. The van der Waals surface area contributed by atoms with Crippen LogP contribution in [0.1, 0.15) is 60.4 Å². The third-order valence-electron chi connectivity index (χ3n) is 5.88. The van der Waals surface area contributed by atoms with Gasteiger partial charge in [-0.1, -0.05) is 0 Å². The lowest BCUT2D eigenvalue weighted by molar-refractivity contribution is -0.137. The molecule has 170 valence electrons. The van der Waals surface area contributed by atoms with E-state index in [-0.39, 0.29) is 35.1 Å².